The highest BCUT2D eigenvalue weighted by Gasteiger charge is 2.08. The molecular formula is C11H21N5O. The second-order valence-electron chi connectivity index (χ2n) is 4.39. The SMILES string of the molecule is CN(C)C(=O)CNCc1cnc(N(C)C)n1C. The van der Waals surface area contributed by atoms with E-state index < -0.39 is 0 Å². The molecule has 17 heavy (non-hydrogen) atoms. The van der Waals surface area contributed by atoms with E-state index >= 15 is 0 Å². The van der Waals surface area contributed by atoms with Crippen LogP contribution in [0.4, 0.5) is 5.95 Å². The van der Waals surface area contributed by atoms with Crippen LogP contribution >= 0.6 is 0 Å². The first-order chi connectivity index (χ1) is 7.93. The van der Waals surface area contributed by atoms with Crippen molar-refractivity contribution in [2.75, 3.05) is 39.6 Å². The Hall–Kier alpha value is -1.56. The van der Waals surface area contributed by atoms with E-state index in [0.29, 0.717) is 13.1 Å². The number of nitrogens with zero attached hydrogens (tertiary/aromatic N) is 4. The maximum absolute atomic E-state index is 11.4. The molecule has 1 heterocycles. The Morgan fingerprint density at radius 3 is 2.53 bits per heavy atom. The maximum Gasteiger partial charge on any atom is 0.236 e. The Morgan fingerprint density at radius 2 is 2.06 bits per heavy atom. The van der Waals surface area contributed by atoms with Crippen LogP contribution in [0.2, 0.25) is 0 Å². The minimum Gasteiger partial charge on any atom is -0.348 e. The summed E-state index contributed by atoms with van der Waals surface area (Å²) in [4.78, 5) is 19.2. The Kier molecular flexibility index (Phi) is 4.51. The average molecular weight is 239 g/mol. The molecule has 1 rings (SSSR count). The quantitative estimate of drug-likeness (QED) is 0.764. The minimum atomic E-state index is 0.0694. The van der Waals surface area contributed by atoms with Gasteiger partial charge in [-0.15, -0.1) is 0 Å². The number of imidazole rings is 1. The zero-order valence-electron chi connectivity index (χ0n) is 11.2. The van der Waals surface area contributed by atoms with Crippen molar-refractivity contribution in [1.29, 1.82) is 0 Å². The van der Waals surface area contributed by atoms with E-state index in [4.69, 9.17) is 0 Å². The monoisotopic (exact) mass is 239 g/mol. The second kappa shape index (κ2) is 5.67. The van der Waals surface area contributed by atoms with Gasteiger partial charge in [-0.3, -0.25) is 4.79 Å². The molecular weight excluding hydrogens is 218 g/mol. The number of carbonyl (C=O) groups is 1. The number of rotatable bonds is 5. The molecule has 0 spiro atoms. The minimum absolute atomic E-state index is 0.0694. The molecule has 0 aliphatic rings. The highest BCUT2D eigenvalue weighted by molar-refractivity contribution is 5.77. The van der Waals surface area contributed by atoms with Crippen LogP contribution in [-0.2, 0) is 18.4 Å². The van der Waals surface area contributed by atoms with E-state index in [9.17, 15) is 4.79 Å². The molecule has 0 aromatic carbocycles. The number of hydrogen-bond acceptors (Lipinski definition) is 4. The zero-order valence-corrected chi connectivity index (χ0v) is 11.2. The van der Waals surface area contributed by atoms with Crippen LogP contribution in [0.15, 0.2) is 6.20 Å². The molecule has 1 amide bonds. The van der Waals surface area contributed by atoms with Crippen molar-refractivity contribution in [3.8, 4) is 0 Å². The average Bonchev–Trinajstić information content (AvgIpc) is 2.60. The van der Waals surface area contributed by atoms with Crippen LogP contribution < -0.4 is 10.2 Å². The van der Waals surface area contributed by atoms with E-state index in [2.05, 4.69) is 10.3 Å². The van der Waals surface area contributed by atoms with Crippen LogP contribution in [-0.4, -0.2) is 55.1 Å². The summed E-state index contributed by atoms with van der Waals surface area (Å²) in [6.45, 7) is 0.979. The van der Waals surface area contributed by atoms with Gasteiger partial charge >= 0.3 is 0 Å². The Morgan fingerprint density at radius 1 is 1.41 bits per heavy atom. The fourth-order valence-electron chi connectivity index (χ4n) is 1.47. The second-order valence-corrected chi connectivity index (χ2v) is 4.39. The number of likely N-dealkylation sites (N-methyl/N-ethyl adjacent to an activating group) is 1. The fourth-order valence-corrected chi connectivity index (χ4v) is 1.47. The smallest absolute Gasteiger partial charge is 0.236 e. The summed E-state index contributed by atoms with van der Waals surface area (Å²) in [5.41, 5.74) is 1.06. The third kappa shape index (κ3) is 3.45. The van der Waals surface area contributed by atoms with Crippen molar-refractivity contribution in [3.05, 3.63) is 11.9 Å². The summed E-state index contributed by atoms with van der Waals surface area (Å²) in [5.74, 6) is 0.973. The van der Waals surface area contributed by atoms with E-state index in [-0.39, 0.29) is 5.91 Å². The van der Waals surface area contributed by atoms with Crippen molar-refractivity contribution in [2.24, 2.45) is 7.05 Å². The molecule has 1 aromatic heterocycles. The zero-order chi connectivity index (χ0) is 13.0. The molecule has 0 atom stereocenters. The summed E-state index contributed by atoms with van der Waals surface area (Å²) in [5, 5.41) is 3.11. The normalized spacial score (nSPS) is 10.4. The lowest BCUT2D eigenvalue weighted by Crippen LogP contribution is -2.33. The molecule has 0 aliphatic heterocycles. The van der Waals surface area contributed by atoms with Crippen molar-refractivity contribution in [3.63, 3.8) is 0 Å². The molecule has 1 aromatic rings. The van der Waals surface area contributed by atoms with Crippen LogP contribution in [0.5, 0.6) is 0 Å². The van der Waals surface area contributed by atoms with Crippen LogP contribution in [0.25, 0.3) is 0 Å². The molecule has 0 radical (unpaired) electrons. The fraction of sp³-hybridized carbons (Fsp3) is 0.636. The molecule has 0 saturated carbocycles. The van der Waals surface area contributed by atoms with E-state index in [1.807, 2.05) is 36.8 Å². The highest BCUT2D eigenvalue weighted by atomic mass is 16.2. The predicted octanol–water partition coefficient (Wildman–Crippen LogP) is -0.336. The van der Waals surface area contributed by atoms with Crippen LogP contribution in [0.1, 0.15) is 5.69 Å². The summed E-state index contributed by atoms with van der Waals surface area (Å²) in [6, 6.07) is 0. The predicted molar refractivity (Wildman–Crippen MR) is 67.9 cm³/mol. The Balaban J connectivity index is 2.50. The molecule has 0 fully saturated rings. The van der Waals surface area contributed by atoms with E-state index in [0.717, 1.165) is 11.6 Å². The molecule has 1 N–H and O–H groups in total. The molecule has 6 nitrogen and oxygen atoms in total. The number of carbonyl (C=O) groups excluding carboxylic acids is 1. The van der Waals surface area contributed by atoms with Gasteiger partial charge < -0.3 is 19.7 Å². The lowest BCUT2D eigenvalue weighted by atomic mass is 10.4. The van der Waals surface area contributed by atoms with Crippen molar-refractivity contribution in [1.82, 2.24) is 19.8 Å². The Bertz CT molecular complexity index is 383. The largest absolute Gasteiger partial charge is 0.348 e. The van der Waals surface area contributed by atoms with Crippen LogP contribution in [0.3, 0.4) is 0 Å². The van der Waals surface area contributed by atoms with Gasteiger partial charge in [0.2, 0.25) is 11.9 Å². The van der Waals surface area contributed by atoms with E-state index in [1.54, 1.807) is 19.0 Å². The van der Waals surface area contributed by atoms with Crippen molar-refractivity contribution < 1.29 is 4.79 Å². The lowest BCUT2D eigenvalue weighted by molar-refractivity contribution is -0.127. The first-order valence-electron chi connectivity index (χ1n) is 5.52. The number of hydrogen-bond donors (Lipinski definition) is 1. The molecule has 96 valence electrons. The van der Waals surface area contributed by atoms with Gasteiger partial charge in [0.15, 0.2) is 0 Å². The number of nitrogens with one attached hydrogen (secondary N) is 1. The first-order valence-corrected chi connectivity index (χ1v) is 5.52. The summed E-state index contributed by atoms with van der Waals surface area (Å²) < 4.78 is 2.01. The molecule has 0 saturated heterocycles. The van der Waals surface area contributed by atoms with Crippen molar-refractivity contribution in [2.45, 2.75) is 6.54 Å². The van der Waals surface area contributed by atoms with Crippen LogP contribution in [0, 0.1) is 0 Å². The van der Waals surface area contributed by atoms with Crippen molar-refractivity contribution >= 4 is 11.9 Å². The summed E-state index contributed by atoms with van der Waals surface area (Å²) >= 11 is 0. The highest BCUT2D eigenvalue weighted by Crippen LogP contribution is 2.10. The topological polar surface area (TPSA) is 53.4 Å². The third-order valence-corrected chi connectivity index (χ3v) is 2.54. The number of anilines is 1. The van der Waals surface area contributed by atoms with Gasteiger partial charge in [0.1, 0.15) is 0 Å². The third-order valence-electron chi connectivity index (χ3n) is 2.54. The van der Waals surface area contributed by atoms with Gasteiger partial charge in [-0.05, 0) is 0 Å². The number of aromatic nitrogens is 2. The molecule has 0 bridgehead atoms. The Labute approximate surface area is 102 Å². The first kappa shape index (κ1) is 13.5. The number of amides is 1. The van der Waals surface area contributed by atoms with Gasteiger partial charge in [0.25, 0.3) is 0 Å². The summed E-state index contributed by atoms with van der Waals surface area (Å²) in [6.07, 6.45) is 1.82. The van der Waals surface area contributed by atoms with Gasteiger partial charge in [0.05, 0.1) is 18.4 Å². The van der Waals surface area contributed by atoms with Gasteiger partial charge in [-0.2, -0.15) is 0 Å². The van der Waals surface area contributed by atoms with Gasteiger partial charge in [-0.1, -0.05) is 0 Å². The van der Waals surface area contributed by atoms with Gasteiger partial charge in [-0.25, -0.2) is 4.98 Å². The molecule has 0 aliphatic carbocycles. The summed E-state index contributed by atoms with van der Waals surface area (Å²) in [7, 11) is 9.37. The lowest BCUT2D eigenvalue weighted by Gasteiger charge is -2.13. The van der Waals surface area contributed by atoms with E-state index in [1.165, 1.54) is 0 Å². The standard InChI is InChI=1S/C11H21N5O/c1-14(2)10(17)8-12-6-9-7-13-11(15(3)4)16(9)5/h7,12H,6,8H2,1-5H3. The van der Waals surface area contributed by atoms with Gasteiger partial charge in [0, 0.05) is 41.8 Å². The molecule has 0 unspecified atom stereocenters. The molecule has 6 heteroatoms. The maximum atomic E-state index is 11.4.